The van der Waals surface area contributed by atoms with Crippen molar-refractivity contribution in [3.63, 3.8) is 0 Å². The number of rotatable bonds is 3. The minimum Gasteiger partial charge on any atom is -0.307 e. The van der Waals surface area contributed by atoms with Crippen LogP contribution < -0.4 is 5.32 Å². The van der Waals surface area contributed by atoms with Crippen LogP contribution in [0.4, 0.5) is 10.5 Å². The van der Waals surface area contributed by atoms with Gasteiger partial charge < -0.3 is 5.32 Å². The van der Waals surface area contributed by atoms with Gasteiger partial charge in [0.2, 0.25) is 5.91 Å². The largest absolute Gasteiger partial charge is 0.329 e. The zero-order valence-electron chi connectivity index (χ0n) is 14.1. The summed E-state index contributed by atoms with van der Waals surface area (Å²) in [6, 6.07) is 12.2. The van der Waals surface area contributed by atoms with Crippen LogP contribution in [0.1, 0.15) is 25.3 Å². The number of nitrogens with zero attached hydrogens (tertiary/aromatic N) is 1. The Bertz CT molecular complexity index is 837. The Morgan fingerprint density at radius 1 is 1.19 bits per heavy atom. The lowest BCUT2D eigenvalue weighted by atomic mass is 9.90. The average Bonchev–Trinajstić information content (AvgIpc) is 2.83. The molecule has 1 unspecified atom stereocenters. The molecule has 1 heterocycles. The summed E-state index contributed by atoms with van der Waals surface area (Å²) in [5.74, 6) is -0.185. The van der Waals surface area contributed by atoms with Crippen molar-refractivity contribution in [3.8, 4) is 0 Å². The predicted octanol–water partition coefficient (Wildman–Crippen LogP) is 5.91. The second-order valence-corrected chi connectivity index (χ2v) is 8.41. The molecule has 0 aliphatic carbocycles. The Labute approximate surface area is 170 Å². The van der Waals surface area contributed by atoms with E-state index in [9.17, 15) is 9.59 Å². The second kappa shape index (κ2) is 7.59. The molecule has 0 saturated carbocycles. The molecular formula is C19H17BrCl2N2O2. The normalized spacial score (nSPS) is 19.7. The standard InChI is InChI=1S/C19H17BrCl2N2O2/c1-19(11-12-2-4-13(20)5-3-12)7-6-17(25)24(19)18(26)23-16-9-14(21)8-15(22)10-16/h2-5,8-10H,6-7,11H2,1H3,(H,23,26). The summed E-state index contributed by atoms with van der Waals surface area (Å²) < 4.78 is 0.987. The van der Waals surface area contributed by atoms with Gasteiger partial charge in [-0.2, -0.15) is 0 Å². The Balaban J connectivity index is 1.82. The van der Waals surface area contributed by atoms with Crippen LogP contribution in [0.2, 0.25) is 10.0 Å². The Kier molecular flexibility index (Phi) is 5.61. The summed E-state index contributed by atoms with van der Waals surface area (Å²) in [7, 11) is 0. The molecule has 7 heteroatoms. The van der Waals surface area contributed by atoms with Gasteiger partial charge in [0.1, 0.15) is 0 Å². The third kappa shape index (κ3) is 4.22. The smallest absolute Gasteiger partial charge is 0.307 e. The van der Waals surface area contributed by atoms with E-state index in [-0.39, 0.29) is 5.91 Å². The van der Waals surface area contributed by atoms with Crippen molar-refractivity contribution in [2.75, 3.05) is 5.32 Å². The molecule has 3 rings (SSSR count). The van der Waals surface area contributed by atoms with Gasteiger partial charge in [-0.1, -0.05) is 51.3 Å². The van der Waals surface area contributed by atoms with Crippen LogP contribution in [0.25, 0.3) is 0 Å². The van der Waals surface area contributed by atoms with E-state index in [1.165, 1.54) is 4.90 Å². The molecule has 4 nitrogen and oxygen atoms in total. The summed E-state index contributed by atoms with van der Waals surface area (Å²) in [6.45, 7) is 1.93. The summed E-state index contributed by atoms with van der Waals surface area (Å²) in [6.07, 6.45) is 1.55. The minimum absolute atomic E-state index is 0.185. The van der Waals surface area contributed by atoms with E-state index < -0.39 is 11.6 Å². The number of nitrogens with one attached hydrogen (secondary N) is 1. The number of halogens is 3. The van der Waals surface area contributed by atoms with Gasteiger partial charge in [0.15, 0.2) is 0 Å². The van der Waals surface area contributed by atoms with Gasteiger partial charge in [0.25, 0.3) is 0 Å². The highest BCUT2D eigenvalue weighted by Gasteiger charge is 2.45. The molecule has 0 aromatic heterocycles. The lowest BCUT2D eigenvalue weighted by Gasteiger charge is -2.34. The van der Waals surface area contributed by atoms with E-state index in [0.29, 0.717) is 35.0 Å². The van der Waals surface area contributed by atoms with E-state index in [4.69, 9.17) is 23.2 Å². The van der Waals surface area contributed by atoms with Crippen molar-refractivity contribution in [1.29, 1.82) is 0 Å². The molecular weight excluding hydrogens is 439 g/mol. The molecule has 26 heavy (non-hydrogen) atoms. The summed E-state index contributed by atoms with van der Waals surface area (Å²) in [5, 5.41) is 3.57. The van der Waals surface area contributed by atoms with Crippen molar-refractivity contribution >= 4 is 56.8 Å². The molecule has 1 aliphatic rings. The highest BCUT2D eigenvalue weighted by molar-refractivity contribution is 9.10. The van der Waals surface area contributed by atoms with Crippen LogP contribution in [-0.4, -0.2) is 22.4 Å². The van der Waals surface area contributed by atoms with Crippen LogP contribution >= 0.6 is 39.1 Å². The first-order valence-electron chi connectivity index (χ1n) is 8.11. The van der Waals surface area contributed by atoms with Crippen LogP contribution in [0.15, 0.2) is 46.9 Å². The van der Waals surface area contributed by atoms with E-state index in [1.54, 1.807) is 18.2 Å². The van der Waals surface area contributed by atoms with Gasteiger partial charge >= 0.3 is 6.03 Å². The second-order valence-electron chi connectivity index (χ2n) is 6.62. The van der Waals surface area contributed by atoms with E-state index in [0.717, 1.165) is 10.0 Å². The zero-order valence-corrected chi connectivity index (χ0v) is 17.2. The quantitative estimate of drug-likeness (QED) is 0.625. The number of imide groups is 1. The molecule has 1 atom stereocenters. The number of likely N-dealkylation sites (tertiary alicyclic amines) is 1. The third-order valence-corrected chi connectivity index (χ3v) is 5.45. The average molecular weight is 456 g/mol. The number of hydrogen-bond donors (Lipinski definition) is 1. The van der Waals surface area contributed by atoms with Gasteiger partial charge in [-0.3, -0.25) is 9.69 Å². The maximum Gasteiger partial charge on any atom is 0.329 e. The molecule has 3 amide bonds. The number of carbonyl (C=O) groups is 2. The first-order chi connectivity index (χ1) is 12.3. The lowest BCUT2D eigenvalue weighted by Crippen LogP contribution is -2.50. The van der Waals surface area contributed by atoms with Crippen molar-refractivity contribution in [2.24, 2.45) is 0 Å². The summed E-state index contributed by atoms with van der Waals surface area (Å²) in [4.78, 5) is 26.5. The topological polar surface area (TPSA) is 49.4 Å². The first kappa shape index (κ1) is 19.2. The Morgan fingerprint density at radius 2 is 1.81 bits per heavy atom. The van der Waals surface area contributed by atoms with Gasteiger partial charge in [-0.15, -0.1) is 0 Å². The van der Waals surface area contributed by atoms with Crippen molar-refractivity contribution in [3.05, 3.63) is 62.5 Å². The molecule has 1 N–H and O–H groups in total. The Hall–Kier alpha value is -1.56. The first-order valence-corrected chi connectivity index (χ1v) is 9.66. The molecule has 0 bridgehead atoms. The SMILES string of the molecule is CC1(Cc2ccc(Br)cc2)CCC(=O)N1C(=O)Nc1cc(Cl)cc(Cl)c1. The molecule has 1 saturated heterocycles. The fraction of sp³-hybridized carbons (Fsp3) is 0.263. The van der Waals surface area contributed by atoms with Crippen molar-refractivity contribution in [1.82, 2.24) is 4.90 Å². The molecule has 2 aromatic carbocycles. The number of carbonyl (C=O) groups excluding carboxylic acids is 2. The molecule has 0 radical (unpaired) electrons. The van der Waals surface area contributed by atoms with E-state index in [2.05, 4.69) is 21.2 Å². The predicted molar refractivity (Wildman–Crippen MR) is 108 cm³/mol. The molecule has 136 valence electrons. The van der Waals surface area contributed by atoms with Gasteiger partial charge in [0.05, 0.1) is 5.54 Å². The maximum atomic E-state index is 12.8. The zero-order chi connectivity index (χ0) is 18.9. The Morgan fingerprint density at radius 3 is 2.42 bits per heavy atom. The van der Waals surface area contributed by atoms with Crippen LogP contribution in [0, 0.1) is 0 Å². The third-order valence-electron chi connectivity index (χ3n) is 4.48. The monoisotopic (exact) mass is 454 g/mol. The molecule has 1 aliphatic heterocycles. The number of urea groups is 1. The minimum atomic E-state index is -0.586. The number of hydrogen-bond acceptors (Lipinski definition) is 2. The van der Waals surface area contributed by atoms with Crippen molar-refractivity contribution < 1.29 is 9.59 Å². The van der Waals surface area contributed by atoms with Crippen LogP contribution in [-0.2, 0) is 11.2 Å². The van der Waals surface area contributed by atoms with E-state index in [1.807, 2.05) is 31.2 Å². The van der Waals surface area contributed by atoms with Gasteiger partial charge in [0, 0.05) is 26.6 Å². The molecule has 1 fully saturated rings. The summed E-state index contributed by atoms with van der Waals surface area (Å²) >= 11 is 15.4. The highest BCUT2D eigenvalue weighted by Crippen LogP contribution is 2.34. The van der Waals surface area contributed by atoms with E-state index >= 15 is 0 Å². The lowest BCUT2D eigenvalue weighted by molar-refractivity contribution is -0.127. The molecule has 0 spiro atoms. The number of benzene rings is 2. The number of amides is 3. The molecule has 2 aromatic rings. The van der Waals surface area contributed by atoms with Gasteiger partial charge in [-0.25, -0.2) is 4.79 Å². The highest BCUT2D eigenvalue weighted by atomic mass is 79.9. The fourth-order valence-electron chi connectivity index (χ4n) is 3.27. The fourth-order valence-corrected chi connectivity index (χ4v) is 4.06. The van der Waals surface area contributed by atoms with Gasteiger partial charge in [-0.05, 0) is 55.7 Å². The maximum absolute atomic E-state index is 12.8. The summed E-state index contributed by atoms with van der Waals surface area (Å²) in [5.41, 5.74) is 0.935. The van der Waals surface area contributed by atoms with Crippen LogP contribution in [0.3, 0.4) is 0 Å². The van der Waals surface area contributed by atoms with Crippen molar-refractivity contribution in [2.45, 2.75) is 31.7 Å². The number of anilines is 1. The van der Waals surface area contributed by atoms with Crippen LogP contribution in [0.5, 0.6) is 0 Å².